The van der Waals surface area contributed by atoms with Gasteiger partial charge < -0.3 is 4.57 Å². The highest BCUT2D eigenvalue weighted by Crippen LogP contribution is 2.27. The van der Waals surface area contributed by atoms with E-state index in [9.17, 15) is 13.2 Å². The van der Waals surface area contributed by atoms with Gasteiger partial charge in [-0.05, 0) is 12.5 Å². The van der Waals surface area contributed by atoms with Crippen LogP contribution in [0.15, 0.2) is 24.8 Å². The SMILES string of the molecule is CCCn1cncc1Cn1ccc(C(F)(F)F)n1. The van der Waals surface area contributed by atoms with E-state index < -0.39 is 11.9 Å². The van der Waals surface area contributed by atoms with Crippen LogP contribution in [0.4, 0.5) is 13.2 Å². The fourth-order valence-electron chi connectivity index (χ4n) is 1.69. The summed E-state index contributed by atoms with van der Waals surface area (Å²) < 4.78 is 40.3. The average Bonchev–Trinajstić information content (AvgIpc) is 2.89. The topological polar surface area (TPSA) is 35.6 Å². The number of hydrogen-bond donors (Lipinski definition) is 0. The van der Waals surface area contributed by atoms with E-state index in [0.717, 1.165) is 24.7 Å². The third-order valence-corrected chi connectivity index (χ3v) is 2.52. The van der Waals surface area contributed by atoms with Crippen molar-refractivity contribution in [1.82, 2.24) is 19.3 Å². The molecule has 0 saturated heterocycles. The lowest BCUT2D eigenvalue weighted by molar-refractivity contribution is -0.141. The van der Waals surface area contributed by atoms with Crippen molar-refractivity contribution in [3.63, 3.8) is 0 Å². The van der Waals surface area contributed by atoms with Crippen LogP contribution in [0, 0.1) is 0 Å². The molecule has 4 nitrogen and oxygen atoms in total. The number of imidazole rings is 1. The Bertz CT molecular complexity index is 512. The van der Waals surface area contributed by atoms with E-state index in [1.54, 1.807) is 12.5 Å². The molecule has 0 aromatic carbocycles. The molecule has 0 amide bonds. The summed E-state index contributed by atoms with van der Waals surface area (Å²) in [4.78, 5) is 3.99. The molecule has 0 saturated carbocycles. The van der Waals surface area contributed by atoms with Crippen molar-refractivity contribution in [3.05, 3.63) is 36.2 Å². The Morgan fingerprint density at radius 2 is 2.11 bits per heavy atom. The van der Waals surface area contributed by atoms with Crippen LogP contribution in [0.25, 0.3) is 0 Å². The Hall–Kier alpha value is -1.79. The standard InChI is InChI=1S/C11H13F3N4/c1-2-4-17-8-15-6-9(17)7-18-5-3-10(16-18)11(12,13)14/h3,5-6,8H,2,4,7H2,1H3. The lowest BCUT2D eigenvalue weighted by atomic mass is 10.4. The summed E-state index contributed by atoms with van der Waals surface area (Å²) in [6.07, 6.45) is 1.19. The van der Waals surface area contributed by atoms with Gasteiger partial charge in [0.15, 0.2) is 5.69 Å². The molecular weight excluding hydrogens is 245 g/mol. The quantitative estimate of drug-likeness (QED) is 0.844. The minimum absolute atomic E-state index is 0.288. The smallest absolute Gasteiger partial charge is 0.333 e. The molecule has 2 aromatic heterocycles. The van der Waals surface area contributed by atoms with E-state index in [0.29, 0.717) is 0 Å². The lowest BCUT2D eigenvalue weighted by Crippen LogP contribution is -2.10. The minimum Gasteiger partial charge on any atom is -0.333 e. The van der Waals surface area contributed by atoms with Gasteiger partial charge in [-0.3, -0.25) is 4.68 Å². The first-order valence-electron chi connectivity index (χ1n) is 5.60. The molecule has 0 spiro atoms. The molecule has 98 valence electrons. The molecule has 0 aliphatic heterocycles. The van der Waals surface area contributed by atoms with Gasteiger partial charge in [0.2, 0.25) is 0 Å². The van der Waals surface area contributed by atoms with Crippen molar-refractivity contribution in [2.24, 2.45) is 0 Å². The highest BCUT2D eigenvalue weighted by Gasteiger charge is 2.33. The van der Waals surface area contributed by atoms with Gasteiger partial charge >= 0.3 is 6.18 Å². The maximum Gasteiger partial charge on any atom is 0.435 e. The van der Waals surface area contributed by atoms with Gasteiger partial charge in [-0.2, -0.15) is 18.3 Å². The predicted octanol–water partition coefficient (Wildman–Crippen LogP) is 2.56. The monoisotopic (exact) mass is 258 g/mol. The molecule has 2 aromatic rings. The second kappa shape index (κ2) is 4.83. The third-order valence-electron chi connectivity index (χ3n) is 2.52. The molecule has 0 unspecified atom stereocenters. The normalized spacial score (nSPS) is 12.0. The van der Waals surface area contributed by atoms with Gasteiger partial charge in [-0.15, -0.1) is 0 Å². The highest BCUT2D eigenvalue weighted by molar-refractivity contribution is 5.06. The Labute approximate surface area is 102 Å². The number of aromatic nitrogens is 4. The number of aryl methyl sites for hydroxylation is 1. The van der Waals surface area contributed by atoms with Crippen molar-refractivity contribution in [1.29, 1.82) is 0 Å². The molecule has 0 radical (unpaired) electrons. The van der Waals surface area contributed by atoms with Crippen LogP contribution < -0.4 is 0 Å². The maximum absolute atomic E-state index is 12.4. The Morgan fingerprint density at radius 3 is 2.72 bits per heavy atom. The molecule has 0 N–H and O–H groups in total. The van der Waals surface area contributed by atoms with Crippen LogP contribution in [0.5, 0.6) is 0 Å². The fraction of sp³-hybridized carbons (Fsp3) is 0.455. The minimum atomic E-state index is -4.39. The summed E-state index contributed by atoms with van der Waals surface area (Å²) in [5, 5.41) is 3.51. The molecular formula is C11H13F3N4. The van der Waals surface area contributed by atoms with Crippen molar-refractivity contribution in [3.8, 4) is 0 Å². The zero-order valence-corrected chi connectivity index (χ0v) is 9.85. The second-order valence-electron chi connectivity index (χ2n) is 3.97. The van der Waals surface area contributed by atoms with E-state index in [2.05, 4.69) is 10.1 Å². The van der Waals surface area contributed by atoms with E-state index in [-0.39, 0.29) is 6.54 Å². The molecule has 2 heterocycles. The molecule has 0 aliphatic carbocycles. The Balaban J connectivity index is 2.14. The summed E-state index contributed by atoms with van der Waals surface area (Å²) in [7, 11) is 0. The zero-order chi connectivity index (χ0) is 13.2. The highest BCUT2D eigenvalue weighted by atomic mass is 19.4. The number of hydrogen-bond acceptors (Lipinski definition) is 2. The van der Waals surface area contributed by atoms with Crippen LogP contribution in [0.2, 0.25) is 0 Å². The van der Waals surface area contributed by atoms with Gasteiger partial charge in [0.05, 0.1) is 24.8 Å². The van der Waals surface area contributed by atoms with Gasteiger partial charge in [-0.1, -0.05) is 6.92 Å². The zero-order valence-electron chi connectivity index (χ0n) is 9.85. The second-order valence-corrected chi connectivity index (χ2v) is 3.97. The Kier molecular flexibility index (Phi) is 3.40. The first-order chi connectivity index (χ1) is 8.50. The van der Waals surface area contributed by atoms with E-state index >= 15 is 0 Å². The number of nitrogens with zero attached hydrogens (tertiary/aromatic N) is 4. The average molecular weight is 258 g/mol. The van der Waals surface area contributed by atoms with Crippen LogP contribution in [0.1, 0.15) is 24.7 Å². The Morgan fingerprint density at radius 1 is 1.33 bits per heavy atom. The van der Waals surface area contributed by atoms with E-state index in [1.807, 2.05) is 11.5 Å². The summed E-state index contributed by atoms with van der Waals surface area (Å²) in [6.45, 7) is 3.11. The molecule has 0 bridgehead atoms. The largest absolute Gasteiger partial charge is 0.435 e. The molecule has 0 fully saturated rings. The first-order valence-corrected chi connectivity index (χ1v) is 5.60. The number of alkyl halides is 3. The van der Waals surface area contributed by atoms with Crippen LogP contribution >= 0.6 is 0 Å². The molecule has 0 atom stereocenters. The van der Waals surface area contributed by atoms with Crippen molar-refractivity contribution >= 4 is 0 Å². The van der Waals surface area contributed by atoms with E-state index in [4.69, 9.17) is 0 Å². The van der Waals surface area contributed by atoms with Crippen LogP contribution in [0.3, 0.4) is 0 Å². The summed E-state index contributed by atoms with van der Waals surface area (Å²) >= 11 is 0. The van der Waals surface area contributed by atoms with Crippen molar-refractivity contribution < 1.29 is 13.2 Å². The number of halogens is 3. The van der Waals surface area contributed by atoms with Gasteiger partial charge in [-0.25, -0.2) is 4.98 Å². The first kappa shape index (κ1) is 12.7. The maximum atomic E-state index is 12.4. The third kappa shape index (κ3) is 2.72. The molecule has 2 rings (SSSR count). The van der Waals surface area contributed by atoms with Crippen molar-refractivity contribution in [2.45, 2.75) is 32.6 Å². The number of rotatable bonds is 4. The summed E-state index contributed by atoms with van der Waals surface area (Å²) in [5.74, 6) is 0. The molecule has 18 heavy (non-hydrogen) atoms. The molecule has 7 heteroatoms. The lowest BCUT2D eigenvalue weighted by Gasteiger charge is -2.06. The predicted molar refractivity (Wildman–Crippen MR) is 58.8 cm³/mol. The van der Waals surface area contributed by atoms with Gasteiger partial charge in [0, 0.05) is 12.7 Å². The van der Waals surface area contributed by atoms with Crippen LogP contribution in [-0.2, 0) is 19.3 Å². The van der Waals surface area contributed by atoms with Crippen LogP contribution in [-0.4, -0.2) is 19.3 Å². The summed E-state index contributed by atoms with van der Waals surface area (Å²) in [5.41, 5.74) is -0.0299. The summed E-state index contributed by atoms with van der Waals surface area (Å²) in [6, 6.07) is 0.973. The molecule has 0 aliphatic rings. The van der Waals surface area contributed by atoms with Gasteiger partial charge in [0.25, 0.3) is 0 Å². The van der Waals surface area contributed by atoms with E-state index in [1.165, 1.54) is 10.9 Å². The fourth-order valence-corrected chi connectivity index (χ4v) is 1.69. The van der Waals surface area contributed by atoms with Crippen molar-refractivity contribution in [2.75, 3.05) is 0 Å². The van der Waals surface area contributed by atoms with Gasteiger partial charge in [0.1, 0.15) is 0 Å².